The van der Waals surface area contributed by atoms with Crippen LogP contribution >= 0.6 is 0 Å². The summed E-state index contributed by atoms with van der Waals surface area (Å²) in [7, 11) is 3.74. The van der Waals surface area contributed by atoms with E-state index in [1.165, 1.54) is 19.4 Å². The summed E-state index contributed by atoms with van der Waals surface area (Å²) in [6.45, 7) is 6.13. The van der Waals surface area contributed by atoms with E-state index in [-0.39, 0.29) is 0 Å². The van der Waals surface area contributed by atoms with Gasteiger partial charge in [0, 0.05) is 19.6 Å². The second kappa shape index (κ2) is 7.97. The first-order valence-corrected chi connectivity index (χ1v) is 7.67. The van der Waals surface area contributed by atoms with Crippen molar-refractivity contribution in [1.29, 1.82) is 0 Å². The predicted octanol–water partition coefficient (Wildman–Crippen LogP) is 1.46. The van der Waals surface area contributed by atoms with Crippen LogP contribution in [0.1, 0.15) is 26.2 Å². The molecule has 7 heteroatoms. The average Bonchev–Trinajstić information content (AvgIpc) is 2.51. The van der Waals surface area contributed by atoms with Crippen LogP contribution in [0.2, 0.25) is 0 Å². The lowest BCUT2D eigenvalue weighted by atomic mass is 9.99. The molecule has 1 atom stereocenters. The molecule has 0 aliphatic carbocycles. The van der Waals surface area contributed by atoms with Gasteiger partial charge < -0.3 is 20.3 Å². The molecular formula is C14H26N6O. The molecule has 1 fully saturated rings. The fourth-order valence-corrected chi connectivity index (χ4v) is 2.52. The first kappa shape index (κ1) is 15.8. The Bertz CT molecular complexity index is 441. The molecule has 1 saturated heterocycles. The van der Waals surface area contributed by atoms with Crippen LogP contribution < -0.4 is 15.4 Å². The highest BCUT2D eigenvalue weighted by Crippen LogP contribution is 2.16. The van der Waals surface area contributed by atoms with Crippen LogP contribution in [0, 0.1) is 5.92 Å². The van der Waals surface area contributed by atoms with Gasteiger partial charge in [-0.25, -0.2) is 0 Å². The number of nitrogens with one attached hydrogen (secondary N) is 2. The number of hydrogen-bond acceptors (Lipinski definition) is 7. The summed E-state index contributed by atoms with van der Waals surface area (Å²) in [6.07, 6.45) is 3.53. The molecule has 0 amide bonds. The molecule has 7 nitrogen and oxygen atoms in total. The molecule has 1 aromatic rings. The maximum atomic E-state index is 5.13. The molecule has 0 spiro atoms. The molecule has 2 rings (SSSR count). The Balaban J connectivity index is 1.94. The van der Waals surface area contributed by atoms with Gasteiger partial charge in [0.15, 0.2) is 0 Å². The highest BCUT2D eigenvalue weighted by Gasteiger charge is 2.17. The second-order valence-corrected chi connectivity index (χ2v) is 5.55. The molecule has 0 radical (unpaired) electrons. The normalized spacial score (nSPS) is 19.3. The van der Waals surface area contributed by atoms with E-state index in [0.29, 0.717) is 23.8 Å². The Hall–Kier alpha value is -1.63. The van der Waals surface area contributed by atoms with Gasteiger partial charge in [0.25, 0.3) is 0 Å². The Morgan fingerprint density at radius 1 is 1.24 bits per heavy atom. The summed E-state index contributed by atoms with van der Waals surface area (Å²) >= 11 is 0. The van der Waals surface area contributed by atoms with Crippen molar-refractivity contribution in [2.24, 2.45) is 5.92 Å². The van der Waals surface area contributed by atoms with Gasteiger partial charge in [0.05, 0.1) is 7.11 Å². The summed E-state index contributed by atoms with van der Waals surface area (Å²) in [5.74, 6) is 1.78. The summed E-state index contributed by atoms with van der Waals surface area (Å²) in [5.41, 5.74) is 0. The first-order valence-electron chi connectivity index (χ1n) is 7.67. The van der Waals surface area contributed by atoms with E-state index in [2.05, 4.69) is 44.5 Å². The van der Waals surface area contributed by atoms with Crippen molar-refractivity contribution in [2.75, 3.05) is 51.0 Å². The first-order chi connectivity index (χ1) is 10.2. The van der Waals surface area contributed by atoms with Crippen LogP contribution in [0.5, 0.6) is 6.01 Å². The zero-order chi connectivity index (χ0) is 15.1. The Kier molecular flexibility index (Phi) is 5.98. The summed E-state index contributed by atoms with van der Waals surface area (Å²) < 4.78 is 5.13. The molecule has 1 unspecified atom stereocenters. The number of hydrogen-bond donors (Lipinski definition) is 2. The van der Waals surface area contributed by atoms with Crippen molar-refractivity contribution in [3.05, 3.63) is 0 Å². The minimum atomic E-state index is 0.340. The van der Waals surface area contributed by atoms with Gasteiger partial charge in [0.1, 0.15) is 0 Å². The quantitative estimate of drug-likeness (QED) is 0.788. The van der Waals surface area contributed by atoms with Crippen molar-refractivity contribution < 1.29 is 4.74 Å². The van der Waals surface area contributed by atoms with Crippen molar-refractivity contribution >= 4 is 11.9 Å². The Morgan fingerprint density at radius 2 is 2.00 bits per heavy atom. The van der Waals surface area contributed by atoms with Crippen LogP contribution in [0.15, 0.2) is 0 Å². The highest BCUT2D eigenvalue weighted by molar-refractivity contribution is 5.35. The Morgan fingerprint density at radius 3 is 2.67 bits per heavy atom. The lowest BCUT2D eigenvalue weighted by molar-refractivity contribution is 0.217. The molecule has 2 heterocycles. The minimum absolute atomic E-state index is 0.340. The van der Waals surface area contributed by atoms with Gasteiger partial charge in [-0.2, -0.15) is 15.0 Å². The molecule has 0 bridgehead atoms. The molecule has 21 heavy (non-hydrogen) atoms. The van der Waals surface area contributed by atoms with E-state index in [4.69, 9.17) is 4.74 Å². The third-order valence-electron chi connectivity index (χ3n) is 3.60. The third-order valence-corrected chi connectivity index (χ3v) is 3.60. The van der Waals surface area contributed by atoms with Crippen LogP contribution in [0.4, 0.5) is 11.9 Å². The number of anilines is 2. The van der Waals surface area contributed by atoms with E-state index in [0.717, 1.165) is 26.1 Å². The summed E-state index contributed by atoms with van der Waals surface area (Å²) in [6, 6.07) is 0.340. The molecular weight excluding hydrogens is 268 g/mol. The molecule has 118 valence electrons. The van der Waals surface area contributed by atoms with Gasteiger partial charge in [-0.1, -0.05) is 6.92 Å². The molecule has 0 saturated carbocycles. The largest absolute Gasteiger partial charge is 0.467 e. The van der Waals surface area contributed by atoms with Gasteiger partial charge >= 0.3 is 6.01 Å². The van der Waals surface area contributed by atoms with E-state index < -0.39 is 0 Å². The number of ether oxygens (including phenoxy) is 1. The van der Waals surface area contributed by atoms with E-state index in [9.17, 15) is 0 Å². The fraction of sp³-hybridized carbons (Fsp3) is 0.786. The molecule has 2 N–H and O–H groups in total. The van der Waals surface area contributed by atoms with E-state index in [1.807, 2.05) is 0 Å². The smallest absolute Gasteiger partial charge is 0.322 e. The molecule has 1 aromatic heterocycles. The van der Waals surface area contributed by atoms with Gasteiger partial charge in [-0.3, -0.25) is 0 Å². The maximum Gasteiger partial charge on any atom is 0.322 e. The number of piperidine rings is 1. The minimum Gasteiger partial charge on any atom is -0.467 e. The topological polar surface area (TPSA) is 75.2 Å². The van der Waals surface area contributed by atoms with E-state index in [1.54, 1.807) is 7.11 Å². The van der Waals surface area contributed by atoms with Gasteiger partial charge in [-0.05, 0) is 38.8 Å². The lowest BCUT2D eigenvalue weighted by Crippen LogP contribution is -2.35. The second-order valence-electron chi connectivity index (χ2n) is 5.55. The SMILES string of the molecule is CCCNc1nc(NCC2CCCN(C)C2)nc(OC)n1. The predicted molar refractivity (Wildman–Crippen MR) is 83.9 cm³/mol. The van der Waals surface area contributed by atoms with Crippen molar-refractivity contribution in [1.82, 2.24) is 19.9 Å². The summed E-state index contributed by atoms with van der Waals surface area (Å²) in [4.78, 5) is 15.2. The highest BCUT2D eigenvalue weighted by atomic mass is 16.5. The number of nitrogens with zero attached hydrogens (tertiary/aromatic N) is 4. The number of aromatic nitrogens is 3. The number of methoxy groups -OCH3 is 1. The zero-order valence-electron chi connectivity index (χ0n) is 13.2. The van der Waals surface area contributed by atoms with Gasteiger partial charge in [0.2, 0.25) is 11.9 Å². The lowest BCUT2D eigenvalue weighted by Gasteiger charge is -2.29. The van der Waals surface area contributed by atoms with Crippen LogP contribution in [-0.2, 0) is 0 Å². The Labute approximate surface area is 126 Å². The van der Waals surface area contributed by atoms with Crippen LogP contribution in [0.25, 0.3) is 0 Å². The van der Waals surface area contributed by atoms with Crippen molar-refractivity contribution in [3.8, 4) is 6.01 Å². The monoisotopic (exact) mass is 294 g/mol. The van der Waals surface area contributed by atoms with Crippen LogP contribution in [-0.4, -0.2) is 60.2 Å². The third kappa shape index (κ3) is 5.00. The zero-order valence-corrected chi connectivity index (χ0v) is 13.2. The molecule has 1 aliphatic heterocycles. The standard InChI is InChI=1S/C14H26N6O/c1-4-7-15-12-17-13(19-14(18-12)21-3)16-9-11-6-5-8-20(2)10-11/h11H,4-10H2,1-3H3,(H2,15,16,17,18,19). The van der Waals surface area contributed by atoms with E-state index >= 15 is 0 Å². The maximum absolute atomic E-state index is 5.13. The van der Waals surface area contributed by atoms with Crippen LogP contribution in [0.3, 0.4) is 0 Å². The average molecular weight is 294 g/mol. The molecule has 0 aromatic carbocycles. The van der Waals surface area contributed by atoms with Gasteiger partial charge in [-0.15, -0.1) is 0 Å². The van der Waals surface area contributed by atoms with Crippen molar-refractivity contribution in [2.45, 2.75) is 26.2 Å². The summed E-state index contributed by atoms with van der Waals surface area (Å²) in [5, 5.41) is 6.48. The molecule has 1 aliphatic rings. The number of rotatable bonds is 7. The fourth-order valence-electron chi connectivity index (χ4n) is 2.52. The number of likely N-dealkylation sites (tertiary alicyclic amines) is 1. The van der Waals surface area contributed by atoms with Crippen molar-refractivity contribution in [3.63, 3.8) is 0 Å².